The zero-order valence-corrected chi connectivity index (χ0v) is 13.0. The van der Waals surface area contributed by atoms with Gasteiger partial charge < -0.3 is 30.1 Å². The average molecular weight is 317 g/mol. The Bertz CT molecular complexity index is 360. The maximum absolute atomic E-state index is 11.3. The van der Waals surface area contributed by atoms with Gasteiger partial charge in [0.25, 0.3) is 0 Å². The van der Waals surface area contributed by atoms with Gasteiger partial charge in [-0.05, 0) is 18.8 Å². The van der Waals surface area contributed by atoms with Gasteiger partial charge in [0.05, 0.1) is 13.2 Å². The number of carbonyl (C=O) groups is 1. The van der Waals surface area contributed by atoms with E-state index in [1.807, 2.05) is 0 Å². The van der Waals surface area contributed by atoms with Crippen molar-refractivity contribution in [1.29, 1.82) is 0 Å². The largest absolute Gasteiger partial charge is 0.394 e. The van der Waals surface area contributed by atoms with Crippen LogP contribution in [0.25, 0.3) is 0 Å². The first-order chi connectivity index (χ1) is 10.5. The van der Waals surface area contributed by atoms with Gasteiger partial charge in [0.15, 0.2) is 6.29 Å². The predicted octanol–water partition coefficient (Wildman–Crippen LogP) is -0.473. The lowest BCUT2D eigenvalue weighted by Crippen LogP contribution is -2.64. The number of hydrogen-bond acceptors (Lipinski definition) is 6. The zero-order chi connectivity index (χ0) is 16.1. The number of aliphatic hydroxyl groups excluding tert-OH is 3. The summed E-state index contributed by atoms with van der Waals surface area (Å²) < 4.78 is 11.3. The van der Waals surface area contributed by atoms with Crippen molar-refractivity contribution in [3.05, 3.63) is 0 Å². The molecule has 1 heterocycles. The maximum Gasteiger partial charge on any atom is 0.217 e. The van der Waals surface area contributed by atoms with Gasteiger partial charge in [0.2, 0.25) is 5.91 Å². The number of nitrogens with one attached hydrogen (secondary N) is 1. The van der Waals surface area contributed by atoms with Gasteiger partial charge in [-0.15, -0.1) is 0 Å². The predicted molar refractivity (Wildman–Crippen MR) is 77.9 cm³/mol. The molecule has 7 nitrogen and oxygen atoms in total. The number of ether oxygens (including phenoxy) is 2. The van der Waals surface area contributed by atoms with E-state index in [4.69, 9.17) is 9.47 Å². The lowest BCUT2D eigenvalue weighted by atomic mass is 9.90. The highest BCUT2D eigenvalue weighted by Crippen LogP contribution is 2.27. The third-order valence-corrected chi connectivity index (χ3v) is 4.47. The molecule has 1 saturated carbocycles. The molecular formula is C15H27NO6. The van der Waals surface area contributed by atoms with Crippen molar-refractivity contribution in [3.8, 4) is 0 Å². The minimum Gasteiger partial charge on any atom is -0.394 e. The summed E-state index contributed by atoms with van der Waals surface area (Å²) in [5.74, 6) is 0.112. The fourth-order valence-electron chi connectivity index (χ4n) is 3.20. The summed E-state index contributed by atoms with van der Waals surface area (Å²) in [6, 6.07) is -0.848. The minimum atomic E-state index is -1.27. The van der Waals surface area contributed by atoms with E-state index in [2.05, 4.69) is 5.32 Å². The van der Waals surface area contributed by atoms with Gasteiger partial charge in [-0.2, -0.15) is 0 Å². The molecule has 7 heteroatoms. The lowest BCUT2D eigenvalue weighted by Gasteiger charge is -2.42. The molecule has 22 heavy (non-hydrogen) atoms. The topological polar surface area (TPSA) is 108 Å². The second-order valence-electron chi connectivity index (χ2n) is 6.27. The molecule has 2 fully saturated rings. The first kappa shape index (κ1) is 17.6. The highest BCUT2D eigenvalue weighted by molar-refractivity contribution is 5.73. The van der Waals surface area contributed by atoms with Crippen molar-refractivity contribution in [1.82, 2.24) is 5.32 Å². The van der Waals surface area contributed by atoms with Crippen LogP contribution in [-0.4, -0.2) is 65.1 Å². The third-order valence-electron chi connectivity index (χ3n) is 4.47. The van der Waals surface area contributed by atoms with Crippen molar-refractivity contribution in [2.24, 2.45) is 5.92 Å². The fourth-order valence-corrected chi connectivity index (χ4v) is 3.20. The fraction of sp³-hybridized carbons (Fsp3) is 0.933. The van der Waals surface area contributed by atoms with Crippen LogP contribution < -0.4 is 5.32 Å². The van der Waals surface area contributed by atoms with E-state index in [0.29, 0.717) is 12.5 Å². The SMILES string of the molecule is CC(=O)N[C@H]1[C@H](OCC2CCCCC2)O[C@H](CO)[C@@H](O)[C@@H]1O. The molecule has 1 aliphatic heterocycles. The number of rotatable bonds is 5. The van der Waals surface area contributed by atoms with Crippen LogP contribution in [0.15, 0.2) is 0 Å². The lowest BCUT2D eigenvalue weighted by molar-refractivity contribution is -0.273. The van der Waals surface area contributed by atoms with E-state index < -0.39 is 37.3 Å². The molecule has 1 saturated heterocycles. The molecule has 0 unspecified atom stereocenters. The molecule has 0 bridgehead atoms. The summed E-state index contributed by atoms with van der Waals surface area (Å²) in [5.41, 5.74) is 0. The summed E-state index contributed by atoms with van der Waals surface area (Å²) in [6.07, 6.45) is 1.53. The molecule has 0 aromatic carbocycles. The standard InChI is InChI=1S/C15H27NO6/c1-9(18)16-12-14(20)13(19)11(7-17)22-15(12)21-8-10-5-3-2-4-6-10/h10-15,17,19-20H,2-8H2,1H3,(H,16,18)/t11-,12-,13-,14-,15-/m1/s1. The van der Waals surface area contributed by atoms with Gasteiger partial charge in [0, 0.05) is 6.92 Å². The number of hydrogen-bond donors (Lipinski definition) is 4. The third kappa shape index (κ3) is 4.39. The molecule has 0 radical (unpaired) electrons. The summed E-state index contributed by atoms with van der Waals surface area (Å²) in [5, 5.41) is 31.9. The number of carbonyl (C=O) groups excluding carboxylic acids is 1. The van der Waals surface area contributed by atoms with Gasteiger partial charge in [-0.1, -0.05) is 19.3 Å². The van der Waals surface area contributed by atoms with Crippen LogP contribution in [-0.2, 0) is 14.3 Å². The van der Waals surface area contributed by atoms with E-state index in [9.17, 15) is 20.1 Å². The van der Waals surface area contributed by atoms with Gasteiger partial charge in [-0.3, -0.25) is 4.79 Å². The first-order valence-electron chi connectivity index (χ1n) is 8.04. The zero-order valence-electron chi connectivity index (χ0n) is 13.0. The van der Waals surface area contributed by atoms with Gasteiger partial charge in [-0.25, -0.2) is 0 Å². The van der Waals surface area contributed by atoms with Crippen molar-refractivity contribution in [3.63, 3.8) is 0 Å². The molecule has 1 amide bonds. The molecule has 5 atom stereocenters. The van der Waals surface area contributed by atoms with Gasteiger partial charge >= 0.3 is 0 Å². The Hall–Kier alpha value is -0.730. The van der Waals surface area contributed by atoms with Crippen LogP contribution in [0.5, 0.6) is 0 Å². The van der Waals surface area contributed by atoms with Crippen molar-refractivity contribution in [2.45, 2.75) is 69.7 Å². The molecule has 4 N–H and O–H groups in total. The minimum absolute atomic E-state index is 0.339. The second-order valence-corrected chi connectivity index (χ2v) is 6.27. The smallest absolute Gasteiger partial charge is 0.217 e. The van der Waals surface area contributed by atoms with Crippen molar-refractivity contribution < 1.29 is 29.6 Å². The Morgan fingerprint density at radius 2 is 1.91 bits per heavy atom. The summed E-state index contributed by atoms with van der Waals surface area (Å²) in [7, 11) is 0. The first-order valence-corrected chi connectivity index (χ1v) is 8.04. The van der Waals surface area contributed by atoms with Crippen LogP contribution in [0.3, 0.4) is 0 Å². The molecule has 0 aromatic rings. The highest BCUT2D eigenvalue weighted by Gasteiger charge is 2.45. The maximum atomic E-state index is 11.3. The summed E-state index contributed by atoms with van der Waals surface area (Å²) in [4.78, 5) is 11.3. The Balaban J connectivity index is 1.97. The van der Waals surface area contributed by atoms with E-state index >= 15 is 0 Å². The highest BCUT2D eigenvalue weighted by atomic mass is 16.7. The second kappa shape index (κ2) is 8.21. The summed E-state index contributed by atoms with van der Waals surface area (Å²) in [6.45, 7) is 1.39. The van der Waals surface area contributed by atoms with E-state index in [-0.39, 0.29) is 5.91 Å². The molecular weight excluding hydrogens is 290 g/mol. The normalized spacial score (nSPS) is 37.0. The number of aliphatic hydroxyl groups is 3. The Kier molecular flexibility index (Phi) is 6.58. The van der Waals surface area contributed by atoms with E-state index in [0.717, 1.165) is 12.8 Å². The van der Waals surface area contributed by atoms with Crippen LogP contribution in [0.1, 0.15) is 39.0 Å². The van der Waals surface area contributed by atoms with E-state index in [1.165, 1.54) is 26.2 Å². The molecule has 128 valence electrons. The Labute approximate surface area is 130 Å². The monoisotopic (exact) mass is 317 g/mol. The molecule has 1 aliphatic carbocycles. The molecule has 2 aliphatic rings. The molecule has 0 spiro atoms. The number of amides is 1. The molecule has 0 aromatic heterocycles. The Morgan fingerprint density at radius 3 is 2.50 bits per heavy atom. The van der Waals surface area contributed by atoms with Crippen LogP contribution in [0.4, 0.5) is 0 Å². The average Bonchev–Trinajstić information content (AvgIpc) is 2.52. The van der Waals surface area contributed by atoms with E-state index in [1.54, 1.807) is 0 Å². The van der Waals surface area contributed by atoms with Gasteiger partial charge in [0.1, 0.15) is 24.4 Å². The Morgan fingerprint density at radius 1 is 1.23 bits per heavy atom. The van der Waals surface area contributed by atoms with Crippen LogP contribution >= 0.6 is 0 Å². The van der Waals surface area contributed by atoms with Crippen LogP contribution in [0.2, 0.25) is 0 Å². The quantitative estimate of drug-likeness (QED) is 0.546. The summed E-state index contributed by atoms with van der Waals surface area (Å²) >= 11 is 0. The van der Waals surface area contributed by atoms with Crippen molar-refractivity contribution >= 4 is 5.91 Å². The van der Waals surface area contributed by atoms with Crippen molar-refractivity contribution in [2.75, 3.05) is 13.2 Å². The van der Waals surface area contributed by atoms with Crippen LogP contribution in [0, 0.1) is 5.92 Å². The molecule has 2 rings (SSSR count).